The Labute approximate surface area is 235 Å². The second kappa shape index (κ2) is 10.9. The molecule has 0 aliphatic heterocycles. The van der Waals surface area contributed by atoms with E-state index in [-0.39, 0.29) is 11.3 Å². The molecular formula is C33H34N6O. The Kier molecular flexibility index (Phi) is 7.38. The molecule has 0 aliphatic carbocycles. The largest absolute Gasteiger partial charge is 0.351 e. The molecule has 0 saturated carbocycles. The summed E-state index contributed by atoms with van der Waals surface area (Å²) in [6, 6.07) is 15.5. The van der Waals surface area contributed by atoms with Gasteiger partial charge in [0.2, 0.25) is 0 Å². The average Bonchev–Trinajstić information content (AvgIpc) is 3.34. The van der Waals surface area contributed by atoms with Crippen LogP contribution >= 0.6 is 0 Å². The summed E-state index contributed by atoms with van der Waals surface area (Å²) < 4.78 is 0. The molecule has 0 spiro atoms. The molecule has 202 valence electrons. The number of nitrogens with one attached hydrogen (secondary N) is 2. The quantitative estimate of drug-likeness (QED) is 0.294. The van der Waals surface area contributed by atoms with Crippen molar-refractivity contribution in [3.8, 4) is 23.1 Å². The number of hydrogen-bond donors (Lipinski definition) is 2. The molecule has 3 heterocycles. The molecule has 0 atom stereocenters. The SMILES string of the molecule is Cc1c(-c2ccc(C(=O)NCCN(C)C)cc2)nc2ccc3n[nH]c(C#Cc4ccncc4)c3c2c1C(C)(C)C. The number of carbonyl (C=O) groups is 1. The lowest BCUT2D eigenvalue weighted by Crippen LogP contribution is -2.31. The van der Waals surface area contributed by atoms with E-state index in [0.29, 0.717) is 12.1 Å². The van der Waals surface area contributed by atoms with E-state index in [1.54, 1.807) is 12.4 Å². The molecule has 0 radical (unpaired) electrons. The summed E-state index contributed by atoms with van der Waals surface area (Å²) in [4.78, 5) is 23.9. The molecule has 40 heavy (non-hydrogen) atoms. The molecule has 0 aliphatic rings. The first kappa shape index (κ1) is 27.0. The molecule has 2 N–H and O–H groups in total. The predicted octanol–water partition coefficient (Wildman–Crippen LogP) is 5.47. The molecule has 0 saturated heterocycles. The number of likely N-dealkylation sites (N-methyl/N-ethyl adjacent to an activating group) is 1. The molecule has 7 heteroatoms. The summed E-state index contributed by atoms with van der Waals surface area (Å²) in [5.41, 5.74) is 8.04. The van der Waals surface area contributed by atoms with Gasteiger partial charge in [0.05, 0.1) is 16.7 Å². The maximum atomic E-state index is 12.6. The second-order valence-electron chi connectivity index (χ2n) is 11.3. The summed E-state index contributed by atoms with van der Waals surface area (Å²) in [5, 5.41) is 12.7. The number of fused-ring (bicyclic) bond motifs is 3. The highest BCUT2D eigenvalue weighted by Gasteiger charge is 2.26. The van der Waals surface area contributed by atoms with Crippen LogP contribution < -0.4 is 5.32 Å². The van der Waals surface area contributed by atoms with Crippen molar-refractivity contribution in [2.24, 2.45) is 0 Å². The minimum Gasteiger partial charge on any atom is -0.351 e. The number of nitrogens with zero attached hydrogens (tertiary/aromatic N) is 4. The molecule has 2 aromatic carbocycles. The van der Waals surface area contributed by atoms with E-state index in [1.165, 1.54) is 5.56 Å². The topological polar surface area (TPSA) is 86.8 Å². The van der Waals surface area contributed by atoms with E-state index in [9.17, 15) is 4.79 Å². The standard InChI is InChI=1S/C33H34N6O/c1-21-30(33(2,3)4)29-25(13-14-27-28(29)26(37-38-27)12-7-22-15-17-34-18-16-22)36-31(21)23-8-10-24(11-9-23)32(40)35-19-20-39(5)6/h8-11,13-18H,19-20H2,1-6H3,(H,35,40)(H,37,38). The predicted molar refractivity (Wildman–Crippen MR) is 161 cm³/mol. The molecular weight excluding hydrogens is 496 g/mol. The molecule has 1 amide bonds. The third-order valence-electron chi connectivity index (χ3n) is 6.94. The minimum atomic E-state index is -0.173. The van der Waals surface area contributed by atoms with Crippen molar-refractivity contribution in [1.82, 2.24) is 30.4 Å². The molecule has 5 rings (SSSR count). The van der Waals surface area contributed by atoms with Crippen LogP contribution in [0, 0.1) is 18.8 Å². The Balaban J connectivity index is 1.62. The molecule has 0 unspecified atom stereocenters. The zero-order valence-electron chi connectivity index (χ0n) is 23.9. The number of pyridine rings is 2. The summed E-state index contributed by atoms with van der Waals surface area (Å²) in [7, 11) is 3.97. The van der Waals surface area contributed by atoms with Gasteiger partial charge >= 0.3 is 0 Å². The minimum absolute atomic E-state index is 0.0743. The summed E-state index contributed by atoms with van der Waals surface area (Å²) >= 11 is 0. The van der Waals surface area contributed by atoms with Crippen molar-refractivity contribution in [3.05, 3.63) is 88.9 Å². The maximum absolute atomic E-state index is 12.6. The summed E-state index contributed by atoms with van der Waals surface area (Å²) in [6.07, 6.45) is 3.47. The third kappa shape index (κ3) is 5.45. The molecule has 5 aromatic rings. The van der Waals surface area contributed by atoms with E-state index >= 15 is 0 Å². The molecule has 0 fully saturated rings. The van der Waals surface area contributed by atoms with Gasteiger partial charge in [-0.05, 0) is 79.9 Å². The van der Waals surface area contributed by atoms with Gasteiger partial charge < -0.3 is 10.2 Å². The Morgan fingerprint density at radius 2 is 1.65 bits per heavy atom. The van der Waals surface area contributed by atoms with Gasteiger partial charge in [0, 0.05) is 52.9 Å². The first-order chi connectivity index (χ1) is 19.1. The highest BCUT2D eigenvalue weighted by molar-refractivity contribution is 6.10. The summed E-state index contributed by atoms with van der Waals surface area (Å²) in [5.74, 6) is 6.45. The van der Waals surface area contributed by atoms with E-state index < -0.39 is 0 Å². The van der Waals surface area contributed by atoms with Crippen LogP contribution in [0.5, 0.6) is 0 Å². The zero-order valence-corrected chi connectivity index (χ0v) is 23.9. The second-order valence-corrected chi connectivity index (χ2v) is 11.3. The number of hydrogen-bond acceptors (Lipinski definition) is 5. The fourth-order valence-corrected chi connectivity index (χ4v) is 5.11. The van der Waals surface area contributed by atoms with Gasteiger partial charge in [-0.2, -0.15) is 5.10 Å². The van der Waals surface area contributed by atoms with Gasteiger partial charge in [-0.1, -0.05) is 38.8 Å². The van der Waals surface area contributed by atoms with Gasteiger partial charge in [-0.3, -0.25) is 14.9 Å². The van der Waals surface area contributed by atoms with Crippen LogP contribution in [0.4, 0.5) is 0 Å². The number of rotatable bonds is 5. The molecule has 3 aromatic heterocycles. The Morgan fingerprint density at radius 3 is 2.33 bits per heavy atom. The smallest absolute Gasteiger partial charge is 0.251 e. The number of benzene rings is 2. The van der Waals surface area contributed by atoms with E-state index in [4.69, 9.17) is 4.98 Å². The van der Waals surface area contributed by atoms with Crippen LogP contribution in [0.3, 0.4) is 0 Å². The van der Waals surface area contributed by atoms with Gasteiger partial charge in [0.25, 0.3) is 5.91 Å². The zero-order chi connectivity index (χ0) is 28.4. The third-order valence-corrected chi connectivity index (χ3v) is 6.94. The van der Waals surface area contributed by atoms with Gasteiger partial charge in [0.1, 0.15) is 5.69 Å². The van der Waals surface area contributed by atoms with Crippen molar-refractivity contribution < 1.29 is 4.79 Å². The number of aromatic amines is 1. The summed E-state index contributed by atoms with van der Waals surface area (Å²) in [6.45, 7) is 10.2. The van der Waals surface area contributed by atoms with Crippen LogP contribution in [0.25, 0.3) is 33.1 Å². The molecule has 7 nitrogen and oxygen atoms in total. The molecule has 0 bridgehead atoms. The van der Waals surface area contributed by atoms with Crippen LogP contribution in [-0.2, 0) is 5.41 Å². The monoisotopic (exact) mass is 530 g/mol. The van der Waals surface area contributed by atoms with Crippen LogP contribution in [0.2, 0.25) is 0 Å². The first-order valence-electron chi connectivity index (χ1n) is 13.4. The van der Waals surface area contributed by atoms with E-state index in [0.717, 1.165) is 56.4 Å². The number of H-pyrrole nitrogens is 1. The van der Waals surface area contributed by atoms with Crippen molar-refractivity contribution in [3.63, 3.8) is 0 Å². The Morgan fingerprint density at radius 1 is 0.950 bits per heavy atom. The lowest BCUT2D eigenvalue weighted by atomic mass is 9.79. The van der Waals surface area contributed by atoms with Crippen LogP contribution in [0.15, 0.2) is 60.9 Å². The number of carbonyl (C=O) groups excluding carboxylic acids is 1. The fraction of sp³-hybridized carbons (Fsp3) is 0.273. The Hall–Kier alpha value is -4.54. The van der Waals surface area contributed by atoms with Crippen molar-refractivity contribution >= 4 is 27.7 Å². The van der Waals surface area contributed by atoms with Crippen LogP contribution in [0.1, 0.15) is 53.5 Å². The van der Waals surface area contributed by atoms with Gasteiger partial charge in [-0.25, -0.2) is 4.98 Å². The van der Waals surface area contributed by atoms with Crippen molar-refractivity contribution in [1.29, 1.82) is 0 Å². The van der Waals surface area contributed by atoms with Crippen molar-refractivity contribution in [2.45, 2.75) is 33.1 Å². The number of amides is 1. The Bertz CT molecular complexity index is 1750. The lowest BCUT2D eigenvalue weighted by molar-refractivity contribution is 0.0951. The van der Waals surface area contributed by atoms with Crippen molar-refractivity contribution in [2.75, 3.05) is 27.2 Å². The van der Waals surface area contributed by atoms with E-state index in [2.05, 4.69) is 60.0 Å². The highest BCUT2D eigenvalue weighted by atomic mass is 16.1. The van der Waals surface area contributed by atoms with Crippen LogP contribution in [-0.4, -0.2) is 58.2 Å². The average molecular weight is 531 g/mol. The van der Waals surface area contributed by atoms with Gasteiger partial charge in [-0.15, -0.1) is 0 Å². The normalized spacial score (nSPS) is 11.6. The first-order valence-corrected chi connectivity index (χ1v) is 13.4. The highest BCUT2D eigenvalue weighted by Crippen LogP contribution is 2.40. The maximum Gasteiger partial charge on any atom is 0.251 e. The van der Waals surface area contributed by atoms with Gasteiger partial charge in [0.15, 0.2) is 0 Å². The van der Waals surface area contributed by atoms with E-state index in [1.807, 2.05) is 67.5 Å². The lowest BCUT2D eigenvalue weighted by Gasteiger charge is -2.26. The number of aromatic nitrogens is 4. The fourth-order valence-electron chi connectivity index (χ4n) is 5.11.